The molecular weight excluding hydrogens is 414 g/mol. The number of benzene rings is 2. The topological polar surface area (TPSA) is 72.9 Å². The van der Waals surface area contributed by atoms with Crippen LogP contribution in [-0.4, -0.2) is 41.0 Å². The summed E-state index contributed by atoms with van der Waals surface area (Å²) in [6.07, 6.45) is 0.585. The van der Waals surface area contributed by atoms with E-state index in [1.807, 2.05) is 67.6 Å². The summed E-state index contributed by atoms with van der Waals surface area (Å²) < 4.78 is 10.6. The first-order valence-corrected chi connectivity index (χ1v) is 10.8. The maximum Gasteiger partial charge on any atom is 0.356 e. The first kappa shape index (κ1) is 20.9. The summed E-state index contributed by atoms with van der Waals surface area (Å²) in [7, 11) is 1.26. The number of methoxy groups -OCH3 is 1. The van der Waals surface area contributed by atoms with Gasteiger partial charge in [0.15, 0.2) is 6.10 Å². The number of nitrogens with zero attached hydrogens (tertiary/aromatic N) is 1. The van der Waals surface area contributed by atoms with E-state index >= 15 is 0 Å². The zero-order chi connectivity index (χ0) is 22.0. The van der Waals surface area contributed by atoms with Crippen LogP contribution in [0.2, 0.25) is 0 Å². The van der Waals surface area contributed by atoms with Gasteiger partial charge in [0.2, 0.25) is 0 Å². The van der Waals surface area contributed by atoms with Crippen LogP contribution in [0.3, 0.4) is 0 Å². The van der Waals surface area contributed by atoms with E-state index in [9.17, 15) is 14.4 Å². The van der Waals surface area contributed by atoms with E-state index in [1.54, 1.807) is 0 Å². The number of hydrogen-bond donors (Lipinski definition) is 0. The van der Waals surface area contributed by atoms with Crippen LogP contribution in [0, 0.1) is 0 Å². The Morgan fingerprint density at radius 3 is 2.19 bits per heavy atom. The van der Waals surface area contributed by atoms with E-state index in [0.717, 1.165) is 16.7 Å². The number of ether oxygens (including phenoxy) is 2. The predicted octanol–water partition coefficient (Wildman–Crippen LogP) is 3.61. The molecule has 0 N–H and O–H groups in total. The molecule has 0 bridgehead atoms. The van der Waals surface area contributed by atoms with Crippen LogP contribution in [0.25, 0.3) is 0 Å². The molecule has 2 heterocycles. The highest BCUT2D eigenvalue weighted by Gasteiger charge is 2.50. The maximum absolute atomic E-state index is 13.3. The van der Waals surface area contributed by atoms with Gasteiger partial charge in [-0.3, -0.25) is 9.69 Å². The Morgan fingerprint density at radius 2 is 1.65 bits per heavy atom. The molecule has 0 radical (unpaired) electrons. The van der Waals surface area contributed by atoms with Gasteiger partial charge in [0.1, 0.15) is 11.1 Å². The van der Waals surface area contributed by atoms with Gasteiger partial charge in [-0.2, -0.15) is 0 Å². The third kappa shape index (κ3) is 4.01. The minimum atomic E-state index is -0.607. The molecule has 7 heteroatoms. The molecule has 0 aliphatic carbocycles. The van der Waals surface area contributed by atoms with Crippen molar-refractivity contribution in [2.45, 2.75) is 18.4 Å². The van der Waals surface area contributed by atoms with Crippen molar-refractivity contribution in [1.82, 2.24) is 4.90 Å². The number of carbonyl (C=O) groups excluding carboxylic acids is 3. The molecule has 2 aliphatic rings. The highest BCUT2D eigenvalue weighted by molar-refractivity contribution is 8.00. The number of amides is 1. The third-order valence-corrected chi connectivity index (χ3v) is 6.55. The van der Waals surface area contributed by atoms with Crippen LogP contribution in [-0.2, 0) is 23.9 Å². The number of fused-ring (bicyclic) bond motifs is 1. The van der Waals surface area contributed by atoms with Crippen molar-refractivity contribution in [1.29, 1.82) is 0 Å². The van der Waals surface area contributed by atoms with Crippen molar-refractivity contribution in [3.05, 3.63) is 94.7 Å². The Kier molecular flexibility index (Phi) is 5.95. The number of hydrogen-bond acceptors (Lipinski definition) is 6. The second-order valence-electron chi connectivity index (χ2n) is 7.20. The van der Waals surface area contributed by atoms with E-state index in [0.29, 0.717) is 11.3 Å². The van der Waals surface area contributed by atoms with Crippen molar-refractivity contribution in [3.8, 4) is 0 Å². The number of rotatable bonds is 5. The Labute approximate surface area is 184 Å². The zero-order valence-corrected chi connectivity index (χ0v) is 17.9. The molecule has 0 aromatic heterocycles. The van der Waals surface area contributed by atoms with Crippen LogP contribution in [0.5, 0.6) is 0 Å². The molecule has 4 rings (SSSR count). The van der Waals surface area contributed by atoms with Gasteiger partial charge in [-0.1, -0.05) is 60.7 Å². The van der Waals surface area contributed by atoms with Gasteiger partial charge in [0.05, 0.1) is 12.7 Å². The molecule has 0 saturated carbocycles. The Balaban J connectivity index is 1.63. The molecule has 1 atom stereocenters. The first-order valence-electron chi connectivity index (χ1n) is 9.76. The number of carbonyl (C=O) groups is 3. The minimum Gasteiger partial charge on any atom is -0.466 e. The van der Waals surface area contributed by atoms with Crippen LogP contribution in [0.4, 0.5) is 0 Å². The second-order valence-corrected chi connectivity index (χ2v) is 8.27. The van der Waals surface area contributed by atoms with Gasteiger partial charge in [-0.05, 0) is 23.6 Å². The lowest BCUT2D eigenvalue weighted by molar-refractivity contribution is -0.149. The summed E-state index contributed by atoms with van der Waals surface area (Å²) in [5.74, 6) is -0.985. The molecular formula is C24H21NO5S. The van der Waals surface area contributed by atoms with Crippen LogP contribution >= 0.6 is 11.8 Å². The van der Waals surface area contributed by atoms with Gasteiger partial charge < -0.3 is 9.47 Å². The number of thioether (sulfide) groups is 1. The molecule has 6 nitrogen and oxygen atoms in total. The van der Waals surface area contributed by atoms with Crippen LogP contribution in [0.15, 0.2) is 83.6 Å². The van der Waals surface area contributed by atoms with E-state index in [1.165, 1.54) is 29.8 Å². The molecule has 1 fully saturated rings. The monoisotopic (exact) mass is 435 g/mol. The number of esters is 2. The molecule has 0 spiro atoms. The van der Waals surface area contributed by atoms with E-state index < -0.39 is 23.4 Å². The molecule has 1 amide bonds. The first-order chi connectivity index (χ1) is 15.0. The van der Waals surface area contributed by atoms with Gasteiger partial charge in [0, 0.05) is 11.8 Å². The summed E-state index contributed by atoms with van der Waals surface area (Å²) in [4.78, 5) is 39.0. The maximum atomic E-state index is 13.3. The lowest BCUT2D eigenvalue weighted by atomic mass is 10.0. The third-order valence-electron chi connectivity index (χ3n) is 5.17. The quantitative estimate of drug-likeness (QED) is 0.406. The van der Waals surface area contributed by atoms with E-state index in [2.05, 4.69) is 4.74 Å². The summed E-state index contributed by atoms with van der Waals surface area (Å²) in [6, 6.07) is 19.0. The highest BCUT2D eigenvalue weighted by Crippen LogP contribution is 2.44. The fourth-order valence-electron chi connectivity index (χ4n) is 3.62. The largest absolute Gasteiger partial charge is 0.466 e. The average molecular weight is 436 g/mol. The summed E-state index contributed by atoms with van der Waals surface area (Å²) in [5, 5.41) is -0.398. The SMILES string of the molecule is COC(=O)/C=C1/C(=O)N2C(C(=O)OC(c3ccccc3)c3ccccc3)=C(C)CS[C@H]12. The predicted molar refractivity (Wildman–Crippen MR) is 117 cm³/mol. The van der Waals surface area contributed by atoms with Crippen molar-refractivity contribution in [2.75, 3.05) is 12.9 Å². The van der Waals surface area contributed by atoms with E-state index in [-0.39, 0.29) is 11.6 Å². The fourth-order valence-corrected chi connectivity index (χ4v) is 4.87. The number of β-lactam (4-membered cyclic amide) rings is 1. The second kappa shape index (κ2) is 8.81. The molecule has 31 heavy (non-hydrogen) atoms. The average Bonchev–Trinajstić information content (AvgIpc) is 2.81. The van der Waals surface area contributed by atoms with E-state index in [4.69, 9.17) is 4.74 Å². The molecule has 2 aliphatic heterocycles. The van der Waals surface area contributed by atoms with Gasteiger partial charge in [0.25, 0.3) is 5.91 Å². The Bertz CT molecular complexity index is 1040. The minimum absolute atomic E-state index is 0.243. The zero-order valence-electron chi connectivity index (χ0n) is 17.1. The fraction of sp³-hybridized carbons (Fsp3) is 0.208. The molecule has 2 aromatic rings. The normalized spacial score (nSPS) is 19.2. The summed E-state index contributed by atoms with van der Waals surface area (Å²) in [6.45, 7) is 1.81. The lowest BCUT2D eigenvalue weighted by Crippen LogP contribution is -2.56. The van der Waals surface area contributed by atoms with Crippen molar-refractivity contribution >= 4 is 29.6 Å². The van der Waals surface area contributed by atoms with Crippen LogP contribution < -0.4 is 0 Å². The smallest absolute Gasteiger partial charge is 0.356 e. The van der Waals surface area contributed by atoms with Crippen molar-refractivity contribution in [2.24, 2.45) is 0 Å². The van der Waals surface area contributed by atoms with Crippen LogP contribution in [0.1, 0.15) is 24.2 Å². The molecule has 0 unspecified atom stereocenters. The lowest BCUT2D eigenvalue weighted by Gasteiger charge is -2.45. The molecule has 2 aromatic carbocycles. The molecule has 1 saturated heterocycles. The van der Waals surface area contributed by atoms with Crippen molar-refractivity contribution in [3.63, 3.8) is 0 Å². The summed E-state index contributed by atoms with van der Waals surface area (Å²) >= 11 is 1.48. The van der Waals surface area contributed by atoms with Gasteiger partial charge in [-0.25, -0.2) is 9.59 Å². The standard InChI is InChI=1S/C24H21NO5S/c1-15-14-31-23-18(13-19(26)29-2)22(27)25(23)20(15)24(28)30-21(16-9-5-3-6-10-16)17-11-7-4-8-12-17/h3-13,21,23H,14H2,1-2H3/b18-13-/t23-/m1/s1. The Morgan fingerprint density at radius 1 is 1.06 bits per heavy atom. The summed E-state index contributed by atoms with van der Waals surface area (Å²) in [5.41, 5.74) is 3.01. The highest BCUT2D eigenvalue weighted by atomic mass is 32.2. The molecule has 158 valence electrons. The van der Waals surface area contributed by atoms with Gasteiger partial charge >= 0.3 is 11.9 Å². The van der Waals surface area contributed by atoms with Crippen molar-refractivity contribution < 1.29 is 23.9 Å². The van der Waals surface area contributed by atoms with Gasteiger partial charge in [-0.15, -0.1) is 11.8 Å². The Hall–Kier alpha value is -3.32.